The second kappa shape index (κ2) is 9.94. The van der Waals surface area contributed by atoms with Crippen LogP contribution in [0.3, 0.4) is 0 Å². The summed E-state index contributed by atoms with van der Waals surface area (Å²) in [6.07, 6.45) is 0.299. The quantitative estimate of drug-likeness (QED) is 0.713. The van der Waals surface area contributed by atoms with E-state index in [0.29, 0.717) is 6.54 Å². The van der Waals surface area contributed by atoms with Crippen LogP contribution >= 0.6 is 0 Å². The van der Waals surface area contributed by atoms with Crippen molar-refractivity contribution >= 4 is 28.5 Å². The molecule has 1 aliphatic heterocycles. The molecule has 0 atom stereocenters. The molecule has 2 amide bonds. The number of alkyl carbamates (subject to hydrolysis) is 1. The molecule has 0 unspecified atom stereocenters. The van der Waals surface area contributed by atoms with Gasteiger partial charge in [-0.1, -0.05) is 36.4 Å². The molecule has 7 nitrogen and oxygen atoms in total. The number of nitrogens with one attached hydrogen (secondary N) is 2. The maximum atomic E-state index is 11.5. The first-order valence-electron chi connectivity index (χ1n) is 9.73. The normalized spacial score (nSPS) is 14.7. The highest BCUT2D eigenvalue weighted by Gasteiger charge is 2.18. The van der Waals surface area contributed by atoms with Gasteiger partial charge in [0.05, 0.1) is 0 Å². The maximum absolute atomic E-state index is 11.5. The molecule has 28 heavy (non-hydrogen) atoms. The predicted molar refractivity (Wildman–Crippen MR) is 111 cm³/mol. The van der Waals surface area contributed by atoms with E-state index in [0.717, 1.165) is 39.1 Å². The first kappa shape index (κ1) is 19.9. The molecule has 0 aromatic heterocycles. The smallest absolute Gasteiger partial charge is 0.407 e. The van der Waals surface area contributed by atoms with Gasteiger partial charge in [0.25, 0.3) is 5.91 Å². The largest absolute Gasteiger partial charge is 0.439 e. The van der Waals surface area contributed by atoms with E-state index in [4.69, 9.17) is 4.74 Å². The zero-order valence-corrected chi connectivity index (χ0v) is 16.3. The molecule has 1 heterocycles. The number of rotatable bonds is 7. The Labute approximate surface area is 165 Å². The minimum absolute atomic E-state index is 0.252. The van der Waals surface area contributed by atoms with Crippen molar-refractivity contribution in [2.75, 3.05) is 57.8 Å². The number of fused-ring (bicyclic) bond motifs is 1. The highest BCUT2D eigenvalue weighted by molar-refractivity contribution is 5.94. The fraction of sp³-hybridized carbons (Fsp3) is 0.429. The summed E-state index contributed by atoms with van der Waals surface area (Å²) in [6, 6.07) is 15.0. The minimum Gasteiger partial charge on any atom is -0.439 e. The molecule has 1 fully saturated rings. The van der Waals surface area contributed by atoms with Crippen LogP contribution in [-0.2, 0) is 9.53 Å². The summed E-state index contributed by atoms with van der Waals surface area (Å²) in [5, 5.41) is 7.66. The highest BCUT2D eigenvalue weighted by atomic mass is 16.6. The fourth-order valence-electron chi connectivity index (χ4n) is 3.44. The van der Waals surface area contributed by atoms with Crippen LogP contribution in [0, 0.1) is 0 Å². The number of carbonyl (C=O) groups excluding carboxylic acids is 2. The van der Waals surface area contributed by atoms with Crippen LogP contribution in [0.5, 0.6) is 0 Å². The molecule has 1 saturated heterocycles. The molecule has 0 aliphatic carbocycles. The van der Waals surface area contributed by atoms with Crippen molar-refractivity contribution in [3.8, 4) is 0 Å². The zero-order valence-electron chi connectivity index (χ0n) is 16.3. The third kappa shape index (κ3) is 5.36. The lowest BCUT2D eigenvalue weighted by molar-refractivity contribution is -0.123. The van der Waals surface area contributed by atoms with Gasteiger partial charge in [0.2, 0.25) is 0 Å². The molecule has 0 saturated carbocycles. The molecule has 1 aliphatic rings. The highest BCUT2D eigenvalue weighted by Crippen LogP contribution is 2.27. The van der Waals surface area contributed by atoms with E-state index in [1.165, 1.54) is 23.5 Å². The van der Waals surface area contributed by atoms with Crippen LogP contribution in [0.15, 0.2) is 42.5 Å². The van der Waals surface area contributed by atoms with Crippen LogP contribution in [0.25, 0.3) is 10.8 Å². The number of amides is 2. The van der Waals surface area contributed by atoms with Crippen molar-refractivity contribution < 1.29 is 14.3 Å². The molecule has 7 heteroatoms. The number of piperazine rings is 1. The Hall–Kier alpha value is -2.80. The standard InChI is InChI=1S/C21H28N4O3/c1-22-20(26)16-28-21(27)23-10-5-11-24-12-14-25(15-13-24)19-9-4-7-17-6-2-3-8-18(17)19/h2-4,6-9H,5,10-16H2,1H3,(H,22,26)(H,23,27). The van der Waals surface area contributed by atoms with Gasteiger partial charge >= 0.3 is 6.09 Å². The van der Waals surface area contributed by atoms with E-state index < -0.39 is 6.09 Å². The van der Waals surface area contributed by atoms with Crippen molar-refractivity contribution in [2.45, 2.75) is 6.42 Å². The summed E-state index contributed by atoms with van der Waals surface area (Å²) >= 11 is 0. The molecular formula is C21H28N4O3. The maximum Gasteiger partial charge on any atom is 0.407 e. The van der Waals surface area contributed by atoms with Gasteiger partial charge in [-0.05, 0) is 24.4 Å². The zero-order chi connectivity index (χ0) is 19.8. The van der Waals surface area contributed by atoms with E-state index in [-0.39, 0.29) is 12.5 Å². The minimum atomic E-state index is -0.552. The van der Waals surface area contributed by atoms with Crippen LogP contribution in [0.1, 0.15) is 6.42 Å². The molecule has 2 aromatic rings. The summed E-state index contributed by atoms with van der Waals surface area (Å²) in [6.45, 7) is 5.22. The van der Waals surface area contributed by atoms with Gasteiger partial charge in [0, 0.05) is 50.8 Å². The number of nitrogens with zero attached hydrogens (tertiary/aromatic N) is 2. The Balaban J connectivity index is 1.38. The SMILES string of the molecule is CNC(=O)COC(=O)NCCCN1CCN(c2cccc3ccccc23)CC1. The Morgan fingerprint density at radius 1 is 1.04 bits per heavy atom. The average Bonchev–Trinajstić information content (AvgIpc) is 2.75. The summed E-state index contributed by atoms with van der Waals surface area (Å²) in [7, 11) is 1.50. The number of benzene rings is 2. The van der Waals surface area contributed by atoms with E-state index in [2.05, 4.69) is 62.9 Å². The Bertz CT molecular complexity index is 798. The van der Waals surface area contributed by atoms with Crippen molar-refractivity contribution in [3.63, 3.8) is 0 Å². The lowest BCUT2D eigenvalue weighted by atomic mass is 10.1. The first-order valence-corrected chi connectivity index (χ1v) is 9.73. The van der Waals surface area contributed by atoms with E-state index in [1.54, 1.807) is 0 Å². The van der Waals surface area contributed by atoms with Gasteiger partial charge in [-0.25, -0.2) is 4.79 Å². The lowest BCUT2D eigenvalue weighted by Gasteiger charge is -2.36. The van der Waals surface area contributed by atoms with Crippen molar-refractivity contribution in [1.29, 1.82) is 0 Å². The van der Waals surface area contributed by atoms with E-state index in [1.807, 2.05) is 0 Å². The third-order valence-electron chi connectivity index (χ3n) is 5.01. The van der Waals surface area contributed by atoms with Crippen LogP contribution < -0.4 is 15.5 Å². The van der Waals surface area contributed by atoms with E-state index in [9.17, 15) is 9.59 Å². The Morgan fingerprint density at radius 2 is 1.79 bits per heavy atom. The molecule has 150 valence electrons. The van der Waals surface area contributed by atoms with Gasteiger partial charge in [-0.2, -0.15) is 0 Å². The van der Waals surface area contributed by atoms with Crippen molar-refractivity contribution in [1.82, 2.24) is 15.5 Å². The van der Waals surface area contributed by atoms with E-state index >= 15 is 0 Å². The molecule has 2 N–H and O–H groups in total. The van der Waals surface area contributed by atoms with Crippen LogP contribution in [0.2, 0.25) is 0 Å². The molecule has 0 bridgehead atoms. The first-order chi connectivity index (χ1) is 13.7. The lowest BCUT2D eigenvalue weighted by Crippen LogP contribution is -2.47. The van der Waals surface area contributed by atoms with Crippen LogP contribution in [-0.4, -0.2) is 69.8 Å². The number of carbonyl (C=O) groups is 2. The fourth-order valence-corrected chi connectivity index (χ4v) is 3.44. The molecule has 2 aromatic carbocycles. The van der Waals surface area contributed by atoms with Crippen molar-refractivity contribution in [3.05, 3.63) is 42.5 Å². The molecule has 3 rings (SSSR count). The summed E-state index contributed by atoms with van der Waals surface area (Å²) in [5.74, 6) is -0.320. The summed E-state index contributed by atoms with van der Waals surface area (Å²) < 4.78 is 4.80. The number of hydrogen-bond donors (Lipinski definition) is 2. The summed E-state index contributed by atoms with van der Waals surface area (Å²) in [5.41, 5.74) is 1.30. The molecule has 0 radical (unpaired) electrons. The van der Waals surface area contributed by atoms with Gasteiger partial charge in [-0.15, -0.1) is 0 Å². The van der Waals surface area contributed by atoms with Gasteiger partial charge in [-0.3, -0.25) is 9.69 Å². The third-order valence-corrected chi connectivity index (χ3v) is 5.01. The number of hydrogen-bond acceptors (Lipinski definition) is 5. The van der Waals surface area contributed by atoms with Gasteiger partial charge in [0.1, 0.15) is 0 Å². The Morgan fingerprint density at radius 3 is 2.57 bits per heavy atom. The summed E-state index contributed by atoms with van der Waals surface area (Å²) in [4.78, 5) is 27.4. The number of anilines is 1. The number of likely N-dealkylation sites (N-methyl/N-ethyl adjacent to an activating group) is 1. The Kier molecular flexibility index (Phi) is 7.08. The van der Waals surface area contributed by atoms with Crippen LogP contribution in [0.4, 0.5) is 10.5 Å². The van der Waals surface area contributed by atoms with Gasteiger partial charge in [0.15, 0.2) is 6.61 Å². The number of ether oxygens (including phenoxy) is 1. The topological polar surface area (TPSA) is 73.9 Å². The second-order valence-corrected chi connectivity index (χ2v) is 6.86. The van der Waals surface area contributed by atoms with Gasteiger partial charge < -0.3 is 20.3 Å². The monoisotopic (exact) mass is 384 g/mol. The predicted octanol–water partition coefficient (Wildman–Crippen LogP) is 1.82. The average molecular weight is 384 g/mol. The molecular weight excluding hydrogens is 356 g/mol. The van der Waals surface area contributed by atoms with Crippen molar-refractivity contribution in [2.24, 2.45) is 0 Å². The molecule has 0 spiro atoms. The second-order valence-electron chi connectivity index (χ2n) is 6.86.